The van der Waals surface area contributed by atoms with Gasteiger partial charge in [0.15, 0.2) is 0 Å². The zero-order valence-corrected chi connectivity index (χ0v) is 11.6. The molecule has 0 aliphatic heterocycles. The van der Waals surface area contributed by atoms with Crippen LogP contribution in [0.5, 0.6) is 0 Å². The van der Waals surface area contributed by atoms with Crippen molar-refractivity contribution in [2.75, 3.05) is 25.7 Å². The molecule has 0 aromatic rings. The van der Waals surface area contributed by atoms with Crippen LogP contribution in [-0.4, -0.2) is 51.6 Å². The summed E-state index contributed by atoms with van der Waals surface area (Å²) in [6.07, 6.45) is 1.24. The topological polar surface area (TPSA) is 98.5 Å². The Morgan fingerprint density at radius 3 is 2.41 bits per heavy atom. The van der Waals surface area contributed by atoms with E-state index < -0.39 is 21.4 Å². The van der Waals surface area contributed by atoms with E-state index in [9.17, 15) is 13.2 Å². The molecular formula is C10H22N2O4S. The first kappa shape index (κ1) is 16.3. The number of carbonyl (C=O) groups excluding carboxylic acids is 1. The number of methoxy groups -OCH3 is 1. The van der Waals surface area contributed by atoms with Crippen LogP contribution in [0, 0.1) is 0 Å². The van der Waals surface area contributed by atoms with E-state index in [-0.39, 0.29) is 18.1 Å². The van der Waals surface area contributed by atoms with Gasteiger partial charge in [0.05, 0.1) is 23.9 Å². The number of amides is 1. The second-order valence-corrected chi connectivity index (χ2v) is 7.09. The van der Waals surface area contributed by atoms with Crippen molar-refractivity contribution in [3.8, 4) is 0 Å². The van der Waals surface area contributed by atoms with E-state index in [1.54, 1.807) is 13.8 Å². The first-order valence-electron chi connectivity index (χ1n) is 5.32. The molecule has 0 aromatic heterocycles. The molecule has 3 N–H and O–H groups in total. The van der Waals surface area contributed by atoms with Crippen LogP contribution in [0.25, 0.3) is 0 Å². The van der Waals surface area contributed by atoms with Gasteiger partial charge in [0, 0.05) is 13.4 Å². The zero-order chi connectivity index (χ0) is 13.7. The monoisotopic (exact) mass is 266 g/mol. The standard InChI is InChI=1S/C10H22N2O4S/c1-10(2,7-16-3)12-9(13)8(11)5-6-17(4,14)15/h8H,5-7,11H2,1-4H3,(H,12,13). The Balaban J connectivity index is 4.23. The van der Waals surface area contributed by atoms with E-state index >= 15 is 0 Å². The Morgan fingerprint density at radius 1 is 1.47 bits per heavy atom. The second-order valence-electron chi connectivity index (χ2n) is 4.83. The van der Waals surface area contributed by atoms with E-state index in [0.29, 0.717) is 6.61 Å². The highest BCUT2D eigenvalue weighted by atomic mass is 32.2. The van der Waals surface area contributed by atoms with Crippen molar-refractivity contribution in [2.45, 2.75) is 31.8 Å². The van der Waals surface area contributed by atoms with Crippen LogP contribution in [0.15, 0.2) is 0 Å². The van der Waals surface area contributed by atoms with Crippen LogP contribution in [0.3, 0.4) is 0 Å². The fourth-order valence-electron chi connectivity index (χ4n) is 1.30. The maximum Gasteiger partial charge on any atom is 0.237 e. The molecule has 0 spiro atoms. The summed E-state index contributed by atoms with van der Waals surface area (Å²) >= 11 is 0. The molecule has 0 saturated heterocycles. The molecule has 102 valence electrons. The number of nitrogens with one attached hydrogen (secondary N) is 1. The molecule has 0 fully saturated rings. The third kappa shape index (κ3) is 8.12. The Morgan fingerprint density at radius 2 is 2.00 bits per heavy atom. The Hall–Kier alpha value is -0.660. The molecule has 0 aliphatic rings. The minimum Gasteiger partial charge on any atom is -0.382 e. The number of nitrogens with two attached hydrogens (primary N) is 1. The molecule has 7 heteroatoms. The summed E-state index contributed by atoms with van der Waals surface area (Å²) < 4.78 is 26.8. The molecule has 0 aromatic carbocycles. The first-order valence-corrected chi connectivity index (χ1v) is 7.38. The van der Waals surface area contributed by atoms with Gasteiger partial charge in [-0.2, -0.15) is 0 Å². The van der Waals surface area contributed by atoms with Crippen molar-refractivity contribution in [1.82, 2.24) is 5.32 Å². The third-order valence-corrected chi connectivity index (χ3v) is 3.08. The highest BCUT2D eigenvalue weighted by molar-refractivity contribution is 7.90. The van der Waals surface area contributed by atoms with Crippen molar-refractivity contribution in [2.24, 2.45) is 5.73 Å². The molecule has 0 aliphatic carbocycles. The summed E-state index contributed by atoms with van der Waals surface area (Å²) in [7, 11) is -1.55. The number of hydrogen-bond donors (Lipinski definition) is 2. The molecule has 0 saturated carbocycles. The molecule has 0 rings (SSSR count). The van der Waals surface area contributed by atoms with Crippen LogP contribution in [-0.2, 0) is 19.4 Å². The predicted octanol–water partition coefficient (Wildman–Crippen LogP) is -0.710. The van der Waals surface area contributed by atoms with Crippen LogP contribution < -0.4 is 11.1 Å². The minimum absolute atomic E-state index is 0.0910. The molecule has 1 amide bonds. The van der Waals surface area contributed by atoms with Crippen LogP contribution in [0.2, 0.25) is 0 Å². The number of ether oxygens (including phenoxy) is 1. The van der Waals surface area contributed by atoms with Gasteiger partial charge in [0.2, 0.25) is 5.91 Å². The fraction of sp³-hybridized carbons (Fsp3) is 0.900. The van der Waals surface area contributed by atoms with Crippen molar-refractivity contribution < 1.29 is 17.9 Å². The highest BCUT2D eigenvalue weighted by Crippen LogP contribution is 2.03. The summed E-state index contributed by atoms with van der Waals surface area (Å²) in [5.41, 5.74) is 5.09. The van der Waals surface area contributed by atoms with Crippen molar-refractivity contribution in [3.63, 3.8) is 0 Å². The molecule has 6 nitrogen and oxygen atoms in total. The van der Waals surface area contributed by atoms with Gasteiger partial charge in [-0.05, 0) is 20.3 Å². The second kappa shape index (κ2) is 6.32. The average molecular weight is 266 g/mol. The summed E-state index contributed by atoms with van der Waals surface area (Å²) in [5.74, 6) is -0.456. The molecule has 0 bridgehead atoms. The summed E-state index contributed by atoms with van der Waals surface area (Å²) in [6, 6.07) is -0.819. The average Bonchev–Trinajstić information content (AvgIpc) is 2.11. The summed E-state index contributed by atoms with van der Waals surface area (Å²) in [5, 5.41) is 2.71. The van der Waals surface area contributed by atoms with E-state index in [1.807, 2.05) is 0 Å². The lowest BCUT2D eigenvalue weighted by molar-refractivity contribution is -0.124. The highest BCUT2D eigenvalue weighted by Gasteiger charge is 2.24. The minimum atomic E-state index is -3.09. The molecule has 17 heavy (non-hydrogen) atoms. The van der Waals surface area contributed by atoms with Gasteiger partial charge in [-0.1, -0.05) is 0 Å². The van der Waals surface area contributed by atoms with Gasteiger partial charge >= 0.3 is 0 Å². The Bertz CT molecular complexity index is 351. The molecule has 0 heterocycles. The quantitative estimate of drug-likeness (QED) is 0.634. The lowest BCUT2D eigenvalue weighted by Crippen LogP contribution is -2.52. The maximum atomic E-state index is 11.7. The van der Waals surface area contributed by atoms with E-state index in [2.05, 4.69) is 5.32 Å². The lowest BCUT2D eigenvalue weighted by Gasteiger charge is -2.26. The largest absolute Gasteiger partial charge is 0.382 e. The molecule has 1 atom stereocenters. The van der Waals surface area contributed by atoms with Gasteiger partial charge in [0.1, 0.15) is 9.84 Å². The van der Waals surface area contributed by atoms with Gasteiger partial charge in [-0.25, -0.2) is 8.42 Å². The van der Waals surface area contributed by atoms with Gasteiger partial charge in [0.25, 0.3) is 0 Å². The number of rotatable bonds is 7. The van der Waals surface area contributed by atoms with E-state index in [1.165, 1.54) is 7.11 Å². The molecule has 1 unspecified atom stereocenters. The maximum absolute atomic E-state index is 11.7. The van der Waals surface area contributed by atoms with Gasteiger partial charge in [-0.15, -0.1) is 0 Å². The van der Waals surface area contributed by atoms with Crippen LogP contribution >= 0.6 is 0 Å². The zero-order valence-electron chi connectivity index (χ0n) is 10.8. The van der Waals surface area contributed by atoms with Crippen LogP contribution in [0.1, 0.15) is 20.3 Å². The Labute approximate surface area is 103 Å². The van der Waals surface area contributed by atoms with E-state index in [4.69, 9.17) is 10.5 Å². The van der Waals surface area contributed by atoms with Crippen molar-refractivity contribution in [1.29, 1.82) is 0 Å². The first-order chi connectivity index (χ1) is 7.57. The number of hydrogen-bond acceptors (Lipinski definition) is 5. The Kier molecular flexibility index (Phi) is 6.08. The smallest absolute Gasteiger partial charge is 0.237 e. The fourth-order valence-corrected chi connectivity index (χ4v) is 1.98. The molecular weight excluding hydrogens is 244 g/mol. The van der Waals surface area contributed by atoms with E-state index in [0.717, 1.165) is 6.26 Å². The number of sulfone groups is 1. The predicted molar refractivity (Wildman–Crippen MR) is 66.4 cm³/mol. The van der Waals surface area contributed by atoms with Crippen molar-refractivity contribution in [3.05, 3.63) is 0 Å². The summed E-state index contributed by atoms with van der Waals surface area (Å²) in [4.78, 5) is 11.7. The van der Waals surface area contributed by atoms with Gasteiger partial charge < -0.3 is 15.8 Å². The lowest BCUT2D eigenvalue weighted by atomic mass is 10.1. The number of carbonyl (C=O) groups is 1. The normalized spacial score (nSPS) is 14.4. The third-order valence-electron chi connectivity index (χ3n) is 2.10. The van der Waals surface area contributed by atoms with Gasteiger partial charge in [-0.3, -0.25) is 4.79 Å². The summed E-state index contributed by atoms with van der Waals surface area (Å²) in [6.45, 7) is 3.97. The SMILES string of the molecule is COCC(C)(C)NC(=O)C(N)CCS(C)(=O)=O. The molecule has 0 radical (unpaired) electrons. The van der Waals surface area contributed by atoms with Crippen molar-refractivity contribution >= 4 is 15.7 Å². The van der Waals surface area contributed by atoms with Crippen LogP contribution in [0.4, 0.5) is 0 Å².